The molecule has 0 saturated carbocycles. The molecule has 18 heavy (non-hydrogen) atoms. The van der Waals surface area contributed by atoms with E-state index in [1.165, 1.54) is 18.3 Å². The summed E-state index contributed by atoms with van der Waals surface area (Å²) in [6.45, 7) is 0.179. The predicted molar refractivity (Wildman–Crippen MR) is 69.6 cm³/mol. The van der Waals surface area contributed by atoms with Gasteiger partial charge in [0.25, 0.3) is 0 Å². The average Bonchev–Trinajstić information content (AvgIpc) is 2.59. The summed E-state index contributed by atoms with van der Waals surface area (Å²) in [7, 11) is 1.72. The van der Waals surface area contributed by atoms with Crippen LogP contribution in [0.1, 0.15) is 5.82 Å². The number of aromatic nitrogens is 2. The van der Waals surface area contributed by atoms with Crippen molar-refractivity contribution in [2.45, 2.75) is 6.54 Å². The Morgan fingerprint density at radius 1 is 1.39 bits per heavy atom. The minimum absolute atomic E-state index is 0.179. The summed E-state index contributed by atoms with van der Waals surface area (Å²) in [5.41, 5.74) is -0.183. The van der Waals surface area contributed by atoms with Crippen LogP contribution in [0.4, 0.5) is 14.5 Å². The number of anilines is 1. The Hall–Kier alpha value is -1.14. The van der Waals surface area contributed by atoms with Crippen molar-refractivity contribution in [1.82, 2.24) is 9.55 Å². The molecule has 0 spiro atoms. The number of nitrogens with zero attached hydrogens (tertiary/aromatic N) is 2. The molecule has 2 aromatic rings. The van der Waals surface area contributed by atoms with Gasteiger partial charge < -0.3 is 9.88 Å². The molecule has 0 aliphatic carbocycles. The molecule has 1 N–H and O–H groups in total. The second-order valence-electron chi connectivity index (χ2n) is 3.65. The van der Waals surface area contributed by atoms with Crippen molar-refractivity contribution in [1.29, 1.82) is 0 Å². The lowest BCUT2D eigenvalue weighted by molar-refractivity contribution is 0.585. The molecule has 0 fully saturated rings. The van der Waals surface area contributed by atoms with Gasteiger partial charge in [-0.3, -0.25) is 0 Å². The van der Waals surface area contributed by atoms with Crippen LogP contribution in [0.5, 0.6) is 0 Å². The van der Waals surface area contributed by atoms with Crippen LogP contribution in [-0.4, -0.2) is 9.55 Å². The minimum atomic E-state index is -0.665. The Morgan fingerprint density at radius 2 is 2.00 bits per heavy atom. The predicted octanol–water partition coefficient (Wildman–Crippen LogP) is 3.73. The van der Waals surface area contributed by atoms with Crippen molar-refractivity contribution < 1.29 is 8.78 Å². The molecule has 0 saturated heterocycles. The van der Waals surface area contributed by atoms with Gasteiger partial charge in [0, 0.05) is 11.5 Å². The summed E-state index contributed by atoms with van der Waals surface area (Å²) in [5, 5.41) is 3.13. The first-order chi connectivity index (χ1) is 8.49. The lowest BCUT2D eigenvalue weighted by Crippen LogP contribution is -2.08. The summed E-state index contributed by atoms with van der Waals surface area (Å²) >= 11 is 8.83. The Balaban J connectivity index is 2.18. The van der Waals surface area contributed by atoms with Crippen LogP contribution in [0.2, 0.25) is 5.15 Å². The summed E-state index contributed by atoms with van der Waals surface area (Å²) < 4.78 is 29.0. The Labute approximate surface area is 116 Å². The van der Waals surface area contributed by atoms with Gasteiger partial charge in [-0.1, -0.05) is 27.5 Å². The van der Waals surface area contributed by atoms with E-state index in [0.717, 1.165) is 0 Å². The highest BCUT2D eigenvalue weighted by molar-refractivity contribution is 9.10. The second-order valence-corrected chi connectivity index (χ2v) is 4.96. The summed E-state index contributed by atoms with van der Waals surface area (Å²) in [4.78, 5) is 4.02. The Morgan fingerprint density at radius 3 is 2.50 bits per heavy atom. The van der Waals surface area contributed by atoms with Gasteiger partial charge in [-0.05, 0) is 12.1 Å². The quantitative estimate of drug-likeness (QED) is 0.925. The highest BCUT2D eigenvalue weighted by Gasteiger charge is 2.11. The molecule has 0 aliphatic heterocycles. The second kappa shape index (κ2) is 5.24. The zero-order chi connectivity index (χ0) is 13.3. The van der Waals surface area contributed by atoms with Crippen molar-refractivity contribution in [3.63, 3.8) is 0 Å². The Bertz CT molecular complexity index is 563. The van der Waals surface area contributed by atoms with Gasteiger partial charge in [-0.2, -0.15) is 0 Å². The van der Waals surface area contributed by atoms with E-state index in [4.69, 9.17) is 11.6 Å². The third kappa shape index (κ3) is 2.64. The highest BCUT2D eigenvalue weighted by atomic mass is 79.9. The van der Waals surface area contributed by atoms with E-state index in [0.29, 0.717) is 15.5 Å². The molecule has 7 heteroatoms. The number of halogens is 4. The van der Waals surface area contributed by atoms with Crippen molar-refractivity contribution in [3.05, 3.63) is 45.4 Å². The number of nitrogens with one attached hydrogen (secondary N) is 1. The normalized spacial score (nSPS) is 10.7. The molecule has 0 atom stereocenters. The third-order valence-electron chi connectivity index (χ3n) is 2.46. The number of imidazole rings is 1. The van der Waals surface area contributed by atoms with Gasteiger partial charge in [-0.15, -0.1) is 0 Å². The topological polar surface area (TPSA) is 29.9 Å². The standard InChI is InChI=1S/C11H9BrClF2N3/c1-18-9(13)4-16-10(18)5-17-11-7(14)2-6(12)3-8(11)15/h2-4,17H,5H2,1H3. The fraction of sp³-hybridized carbons (Fsp3) is 0.182. The largest absolute Gasteiger partial charge is 0.373 e. The molecule has 1 heterocycles. The first-order valence-electron chi connectivity index (χ1n) is 5.03. The van der Waals surface area contributed by atoms with Crippen molar-refractivity contribution in [3.8, 4) is 0 Å². The van der Waals surface area contributed by atoms with E-state index in [9.17, 15) is 8.78 Å². The zero-order valence-corrected chi connectivity index (χ0v) is 11.7. The summed E-state index contributed by atoms with van der Waals surface area (Å²) in [5.74, 6) is -0.744. The SMILES string of the molecule is Cn1c(Cl)cnc1CNc1c(F)cc(Br)cc1F. The third-order valence-corrected chi connectivity index (χ3v) is 3.27. The van der Waals surface area contributed by atoms with Crippen LogP contribution < -0.4 is 5.32 Å². The van der Waals surface area contributed by atoms with Gasteiger partial charge in [0.15, 0.2) is 0 Å². The summed E-state index contributed by atoms with van der Waals surface area (Å²) in [6, 6.07) is 2.38. The fourth-order valence-corrected chi connectivity index (χ4v) is 2.02. The van der Waals surface area contributed by atoms with E-state index >= 15 is 0 Å². The lowest BCUT2D eigenvalue weighted by atomic mass is 10.3. The van der Waals surface area contributed by atoms with Crippen LogP contribution in [0.3, 0.4) is 0 Å². The molecule has 96 valence electrons. The maximum atomic E-state index is 13.5. The monoisotopic (exact) mass is 335 g/mol. The molecule has 3 nitrogen and oxygen atoms in total. The van der Waals surface area contributed by atoms with Crippen LogP contribution in [0.15, 0.2) is 22.8 Å². The molecule has 0 amide bonds. The first kappa shape index (κ1) is 13.3. The van der Waals surface area contributed by atoms with E-state index in [-0.39, 0.29) is 12.2 Å². The van der Waals surface area contributed by atoms with Crippen molar-refractivity contribution >= 4 is 33.2 Å². The van der Waals surface area contributed by atoms with Gasteiger partial charge >= 0.3 is 0 Å². The molecule has 0 radical (unpaired) electrons. The van der Waals surface area contributed by atoms with E-state index in [1.54, 1.807) is 11.6 Å². The highest BCUT2D eigenvalue weighted by Crippen LogP contribution is 2.24. The van der Waals surface area contributed by atoms with Crippen LogP contribution in [0, 0.1) is 11.6 Å². The van der Waals surface area contributed by atoms with E-state index in [2.05, 4.69) is 26.2 Å². The molecule has 1 aromatic heterocycles. The first-order valence-corrected chi connectivity index (χ1v) is 6.20. The average molecular weight is 337 g/mol. The number of hydrogen-bond donors (Lipinski definition) is 1. The van der Waals surface area contributed by atoms with Gasteiger partial charge in [0.05, 0.1) is 12.7 Å². The molecular weight excluding hydrogens is 327 g/mol. The summed E-state index contributed by atoms with van der Waals surface area (Å²) in [6.07, 6.45) is 1.48. The maximum absolute atomic E-state index is 13.5. The smallest absolute Gasteiger partial charge is 0.150 e. The van der Waals surface area contributed by atoms with Gasteiger partial charge in [0.1, 0.15) is 28.3 Å². The Kier molecular flexibility index (Phi) is 3.87. The van der Waals surface area contributed by atoms with E-state index < -0.39 is 11.6 Å². The van der Waals surface area contributed by atoms with Crippen LogP contribution >= 0.6 is 27.5 Å². The minimum Gasteiger partial charge on any atom is -0.373 e. The van der Waals surface area contributed by atoms with Gasteiger partial charge in [-0.25, -0.2) is 13.8 Å². The maximum Gasteiger partial charge on any atom is 0.150 e. The molecular formula is C11H9BrClF2N3. The number of rotatable bonds is 3. The lowest BCUT2D eigenvalue weighted by Gasteiger charge is -2.09. The molecule has 0 bridgehead atoms. The van der Waals surface area contributed by atoms with Gasteiger partial charge in [0.2, 0.25) is 0 Å². The fourth-order valence-electron chi connectivity index (χ4n) is 1.47. The number of benzene rings is 1. The van der Waals surface area contributed by atoms with Crippen LogP contribution in [-0.2, 0) is 13.6 Å². The van der Waals surface area contributed by atoms with Crippen molar-refractivity contribution in [2.75, 3.05) is 5.32 Å². The molecule has 0 unspecified atom stereocenters. The van der Waals surface area contributed by atoms with Crippen molar-refractivity contribution in [2.24, 2.45) is 7.05 Å². The molecule has 1 aromatic carbocycles. The number of hydrogen-bond acceptors (Lipinski definition) is 2. The van der Waals surface area contributed by atoms with E-state index in [1.807, 2.05) is 0 Å². The zero-order valence-electron chi connectivity index (χ0n) is 9.35. The molecule has 0 aliphatic rings. The molecule has 2 rings (SSSR count). The van der Waals surface area contributed by atoms with Crippen LogP contribution in [0.25, 0.3) is 0 Å².